The smallest absolute Gasteiger partial charge is 0.321 e. The Kier molecular flexibility index (Phi) is 4.22. The van der Waals surface area contributed by atoms with Gasteiger partial charge >= 0.3 is 6.01 Å². The Bertz CT molecular complexity index is 540. The fraction of sp³-hybridized carbons (Fsp3) is 0.545. The molecule has 19 heavy (non-hydrogen) atoms. The number of aromatic nitrogens is 6. The molecule has 0 bridgehead atoms. The van der Waals surface area contributed by atoms with E-state index in [-0.39, 0.29) is 0 Å². The van der Waals surface area contributed by atoms with Crippen LogP contribution >= 0.6 is 0 Å². The lowest BCUT2D eigenvalue weighted by Crippen LogP contribution is -2.08. The zero-order chi connectivity index (χ0) is 13.7. The summed E-state index contributed by atoms with van der Waals surface area (Å²) < 4.78 is 7.10. The molecule has 0 spiro atoms. The molecular formula is C11H17N7O. The summed E-state index contributed by atoms with van der Waals surface area (Å²) in [7, 11) is 1.75. The quantitative estimate of drug-likeness (QED) is 0.830. The van der Waals surface area contributed by atoms with Crippen LogP contribution in [0.25, 0.3) is 11.5 Å². The normalized spacial score (nSPS) is 10.5. The molecule has 2 rings (SSSR count). The molecule has 2 heterocycles. The maximum Gasteiger partial charge on any atom is 0.321 e. The third kappa shape index (κ3) is 2.95. The molecule has 1 N–H and O–H groups in total. The van der Waals surface area contributed by atoms with Crippen molar-refractivity contribution in [3.05, 3.63) is 6.20 Å². The first-order chi connectivity index (χ1) is 9.28. The van der Waals surface area contributed by atoms with Crippen LogP contribution in [0, 0.1) is 0 Å². The number of anilines is 1. The number of nitrogens with zero attached hydrogens (tertiary/aromatic N) is 6. The van der Waals surface area contributed by atoms with Gasteiger partial charge in [-0.1, -0.05) is 12.1 Å². The standard InChI is InChI=1S/C11H17N7O/c1-4-6-18-8(7-13-17-18)9-14-10(12-3)16-11(15-9)19-5-2/h7H,4-6H2,1-3H3,(H,12,14,15,16). The summed E-state index contributed by atoms with van der Waals surface area (Å²) in [6.07, 6.45) is 2.60. The number of hydrogen-bond acceptors (Lipinski definition) is 7. The van der Waals surface area contributed by atoms with E-state index in [1.807, 2.05) is 6.92 Å². The highest BCUT2D eigenvalue weighted by molar-refractivity contribution is 5.50. The highest BCUT2D eigenvalue weighted by atomic mass is 16.5. The zero-order valence-electron chi connectivity index (χ0n) is 11.3. The monoisotopic (exact) mass is 263 g/mol. The lowest BCUT2D eigenvalue weighted by atomic mass is 10.4. The van der Waals surface area contributed by atoms with Crippen LogP contribution in [0.3, 0.4) is 0 Å². The lowest BCUT2D eigenvalue weighted by molar-refractivity contribution is 0.312. The van der Waals surface area contributed by atoms with Crippen LogP contribution < -0.4 is 10.1 Å². The van der Waals surface area contributed by atoms with Gasteiger partial charge in [0.2, 0.25) is 5.95 Å². The Hall–Kier alpha value is -2.25. The van der Waals surface area contributed by atoms with E-state index in [0.717, 1.165) is 18.7 Å². The van der Waals surface area contributed by atoms with Crippen molar-refractivity contribution in [3.8, 4) is 17.5 Å². The summed E-state index contributed by atoms with van der Waals surface area (Å²) in [5, 5.41) is 10.8. The molecule has 0 atom stereocenters. The van der Waals surface area contributed by atoms with Gasteiger partial charge in [-0.15, -0.1) is 5.10 Å². The Balaban J connectivity index is 2.42. The SMILES string of the molecule is CCCn1nncc1-c1nc(NC)nc(OCC)n1. The van der Waals surface area contributed by atoms with Crippen molar-refractivity contribution >= 4 is 5.95 Å². The molecule has 0 aliphatic rings. The van der Waals surface area contributed by atoms with Crippen molar-refractivity contribution in [1.29, 1.82) is 0 Å². The van der Waals surface area contributed by atoms with Gasteiger partial charge in [0.1, 0.15) is 5.69 Å². The van der Waals surface area contributed by atoms with E-state index in [4.69, 9.17) is 4.74 Å². The molecule has 0 aliphatic heterocycles. The van der Waals surface area contributed by atoms with Crippen LogP contribution in [0.5, 0.6) is 6.01 Å². The summed E-state index contributed by atoms with van der Waals surface area (Å²) in [5.74, 6) is 0.957. The molecule has 0 fully saturated rings. The fourth-order valence-corrected chi connectivity index (χ4v) is 1.58. The summed E-state index contributed by atoms with van der Waals surface area (Å²) in [5.41, 5.74) is 0.752. The molecule has 0 saturated carbocycles. The topological polar surface area (TPSA) is 90.6 Å². The van der Waals surface area contributed by atoms with Gasteiger partial charge < -0.3 is 10.1 Å². The molecule has 0 unspecified atom stereocenters. The molecule has 8 heteroatoms. The molecular weight excluding hydrogens is 246 g/mol. The minimum atomic E-state index is 0.293. The van der Waals surface area contributed by atoms with Crippen LogP contribution in [-0.4, -0.2) is 43.6 Å². The van der Waals surface area contributed by atoms with Crippen LogP contribution in [0.2, 0.25) is 0 Å². The van der Waals surface area contributed by atoms with E-state index in [9.17, 15) is 0 Å². The Morgan fingerprint density at radius 2 is 2.11 bits per heavy atom. The van der Waals surface area contributed by atoms with E-state index < -0.39 is 0 Å². The van der Waals surface area contributed by atoms with Gasteiger partial charge in [0.05, 0.1) is 12.8 Å². The van der Waals surface area contributed by atoms with E-state index >= 15 is 0 Å². The second-order valence-electron chi connectivity index (χ2n) is 3.79. The number of nitrogens with one attached hydrogen (secondary N) is 1. The second-order valence-corrected chi connectivity index (χ2v) is 3.79. The summed E-state index contributed by atoms with van der Waals surface area (Å²) in [6.45, 7) is 5.22. The van der Waals surface area contributed by atoms with E-state index in [1.54, 1.807) is 17.9 Å². The molecule has 0 radical (unpaired) electrons. The second kappa shape index (κ2) is 6.07. The number of rotatable bonds is 6. The van der Waals surface area contributed by atoms with Gasteiger partial charge in [0, 0.05) is 13.6 Å². The lowest BCUT2D eigenvalue weighted by Gasteiger charge is -2.07. The van der Waals surface area contributed by atoms with E-state index in [0.29, 0.717) is 24.4 Å². The molecule has 0 amide bonds. The molecule has 2 aromatic rings. The van der Waals surface area contributed by atoms with Crippen molar-refractivity contribution in [2.75, 3.05) is 19.0 Å². The molecule has 0 aromatic carbocycles. The van der Waals surface area contributed by atoms with Gasteiger partial charge in [0.25, 0.3) is 0 Å². The largest absolute Gasteiger partial charge is 0.464 e. The number of ether oxygens (including phenoxy) is 1. The maximum absolute atomic E-state index is 5.33. The first kappa shape index (κ1) is 13.2. The van der Waals surface area contributed by atoms with Gasteiger partial charge in [-0.3, -0.25) is 0 Å². The molecule has 8 nitrogen and oxygen atoms in total. The minimum absolute atomic E-state index is 0.293. The van der Waals surface area contributed by atoms with Crippen LogP contribution in [0.15, 0.2) is 6.20 Å². The van der Waals surface area contributed by atoms with Crippen LogP contribution in [0.1, 0.15) is 20.3 Å². The van der Waals surface area contributed by atoms with Crippen molar-refractivity contribution in [1.82, 2.24) is 29.9 Å². The number of aryl methyl sites for hydroxylation is 1. The Morgan fingerprint density at radius 1 is 1.26 bits per heavy atom. The molecule has 0 aliphatic carbocycles. The molecule has 2 aromatic heterocycles. The van der Waals surface area contributed by atoms with Gasteiger partial charge in [-0.25, -0.2) is 4.68 Å². The van der Waals surface area contributed by atoms with Crippen LogP contribution in [-0.2, 0) is 6.54 Å². The summed E-state index contributed by atoms with van der Waals surface area (Å²) >= 11 is 0. The third-order valence-electron chi connectivity index (χ3n) is 2.39. The minimum Gasteiger partial charge on any atom is -0.464 e. The molecule has 0 saturated heterocycles. The first-order valence-corrected chi connectivity index (χ1v) is 6.24. The zero-order valence-corrected chi connectivity index (χ0v) is 11.3. The first-order valence-electron chi connectivity index (χ1n) is 6.24. The van der Waals surface area contributed by atoms with E-state index in [1.165, 1.54) is 0 Å². The maximum atomic E-state index is 5.33. The summed E-state index contributed by atoms with van der Waals surface area (Å²) in [6, 6.07) is 0.293. The van der Waals surface area contributed by atoms with Crippen molar-refractivity contribution < 1.29 is 4.74 Å². The Labute approximate surface area is 111 Å². The van der Waals surface area contributed by atoms with Crippen molar-refractivity contribution in [2.45, 2.75) is 26.8 Å². The Morgan fingerprint density at radius 3 is 2.79 bits per heavy atom. The predicted octanol–water partition coefficient (Wildman–Crippen LogP) is 0.980. The van der Waals surface area contributed by atoms with E-state index in [2.05, 4.69) is 37.5 Å². The van der Waals surface area contributed by atoms with Crippen molar-refractivity contribution in [3.63, 3.8) is 0 Å². The fourth-order valence-electron chi connectivity index (χ4n) is 1.58. The number of hydrogen-bond donors (Lipinski definition) is 1. The van der Waals surface area contributed by atoms with Crippen molar-refractivity contribution in [2.24, 2.45) is 0 Å². The van der Waals surface area contributed by atoms with Gasteiger partial charge in [-0.2, -0.15) is 15.0 Å². The third-order valence-corrected chi connectivity index (χ3v) is 2.39. The van der Waals surface area contributed by atoms with Crippen LogP contribution in [0.4, 0.5) is 5.95 Å². The average Bonchev–Trinajstić information content (AvgIpc) is 2.87. The average molecular weight is 263 g/mol. The van der Waals surface area contributed by atoms with Gasteiger partial charge in [0.15, 0.2) is 5.82 Å². The van der Waals surface area contributed by atoms with Gasteiger partial charge in [-0.05, 0) is 13.3 Å². The highest BCUT2D eigenvalue weighted by Crippen LogP contribution is 2.17. The highest BCUT2D eigenvalue weighted by Gasteiger charge is 2.13. The summed E-state index contributed by atoms with van der Waals surface area (Å²) in [4.78, 5) is 12.7. The predicted molar refractivity (Wildman–Crippen MR) is 69.8 cm³/mol. The molecule has 102 valence electrons.